The standard InChI is InChI=1S/C25H25N5O4/c26-22-21-23(28-16-27-22)30(18-10-12-25(13-11-18)32-14-15-33-25)24(31)29(21)17-6-8-20(9-7-17)34-19-4-2-1-3-5-19/h1-9,16,18H,10-15H2,(H2,26,27,28). The molecule has 0 radical (unpaired) electrons. The summed E-state index contributed by atoms with van der Waals surface area (Å²) in [5.41, 5.74) is 7.78. The van der Waals surface area contributed by atoms with Crippen LogP contribution < -0.4 is 16.2 Å². The quantitative estimate of drug-likeness (QED) is 0.494. The van der Waals surface area contributed by atoms with Gasteiger partial charge in [0, 0.05) is 18.9 Å². The molecule has 2 fully saturated rings. The molecule has 0 atom stereocenters. The SMILES string of the molecule is Nc1ncnc2c1n(-c1ccc(Oc3ccccc3)cc1)c(=O)n2C1CCC2(CC1)OCCO2. The van der Waals surface area contributed by atoms with Crippen LogP contribution in [-0.4, -0.2) is 38.1 Å². The summed E-state index contributed by atoms with van der Waals surface area (Å²) in [5, 5.41) is 0. The van der Waals surface area contributed by atoms with E-state index in [1.165, 1.54) is 6.33 Å². The fourth-order valence-corrected chi connectivity index (χ4v) is 5.01. The van der Waals surface area contributed by atoms with Gasteiger partial charge in [0.15, 0.2) is 17.3 Å². The number of nitrogens with zero attached hydrogens (tertiary/aromatic N) is 4. The topological polar surface area (TPSA) is 106 Å². The maximum Gasteiger partial charge on any atom is 0.335 e. The first-order valence-corrected chi connectivity index (χ1v) is 11.5. The molecule has 1 spiro atoms. The van der Waals surface area contributed by atoms with Crippen molar-refractivity contribution in [2.45, 2.75) is 37.5 Å². The van der Waals surface area contributed by atoms with Crippen molar-refractivity contribution in [1.29, 1.82) is 0 Å². The first kappa shape index (κ1) is 20.9. The summed E-state index contributed by atoms with van der Waals surface area (Å²) in [7, 11) is 0. The molecule has 1 saturated carbocycles. The summed E-state index contributed by atoms with van der Waals surface area (Å²) in [4.78, 5) is 22.3. The van der Waals surface area contributed by atoms with Crippen molar-refractivity contribution in [2.75, 3.05) is 18.9 Å². The molecule has 3 heterocycles. The van der Waals surface area contributed by atoms with Crippen molar-refractivity contribution in [3.05, 3.63) is 71.4 Å². The summed E-state index contributed by atoms with van der Waals surface area (Å²) in [6.07, 6.45) is 4.40. The van der Waals surface area contributed by atoms with Gasteiger partial charge in [0.1, 0.15) is 23.3 Å². The highest BCUT2D eigenvalue weighted by atomic mass is 16.7. The molecule has 0 bridgehead atoms. The van der Waals surface area contributed by atoms with E-state index in [0.29, 0.717) is 35.8 Å². The van der Waals surface area contributed by atoms with Gasteiger partial charge in [-0.25, -0.2) is 14.8 Å². The number of hydrogen-bond donors (Lipinski definition) is 1. The van der Waals surface area contributed by atoms with Crippen molar-refractivity contribution in [1.82, 2.24) is 19.1 Å². The average molecular weight is 460 g/mol. The smallest absolute Gasteiger partial charge is 0.335 e. The third-order valence-electron chi connectivity index (χ3n) is 6.65. The molecule has 1 aliphatic carbocycles. The number of nitrogens with two attached hydrogens (primary N) is 1. The zero-order chi connectivity index (χ0) is 23.1. The van der Waals surface area contributed by atoms with Gasteiger partial charge in [-0.2, -0.15) is 0 Å². The number of benzene rings is 2. The molecular weight excluding hydrogens is 434 g/mol. The Morgan fingerprint density at radius 1 is 0.941 bits per heavy atom. The summed E-state index contributed by atoms with van der Waals surface area (Å²) in [5.74, 6) is 1.18. The van der Waals surface area contributed by atoms with Crippen LogP contribution in [0, 0.1) is 0 Å². The van der Waals surface area contributed by atoms with E-state index in [9.17, 15) is 4.79 Å². The van der Waals surface area contributed by atoms with E-state index in [1.807, 2.05) is 54.6 Å². The van der Waals surface area contributed by atoms with E-state index in [0.717, 1.165) is 31.4 Å². The molecule has 0 amide bonds. The normalized spacial score (nSPS) is 18.0. The summed E-state index contributed by atoms with van der Waals surface area (Å²) in [6, 6.07) is 16.9. The van der Waals surface area contributed by atoms with Crippen LogP contribution in [0.4, 0.5) is 5.82 Å². The monoisotopic (exact) mass is 459 g/mol. The van der Waals surface area contributed by atoms with Gasteiger partial charge in [-0.15, -0.1) is 0 Å². The van der Waals surface area contributed by atoms with Gasteiger partial charge in [-0.1, -0.05) is 18.2 Å². The highest BCUT2D eigenvalue weighted by molar-refractivity contribution is 5.84. The van der Waals surface area contributed by atoms with Gasteiger partial charge in [0.2, 0.25) is 0 Å². The third kappa shape index (κ3) is 3.53. The zero-order valence-electron chi connectivity index (χ0n) is 18.6. The van der Waals surface area contributed by atoms with Crippen molar-refractivity contribution in [2.24, 2.45) is 0 Å². The molecule has 6 rings (SSSR count). The fraction of sp³-hybridized carbons (Fsp3) is 0.320. The van der Waals surface area contributed by atoms with Gasteiger partial charge < -0.3 is 19.9 Å². The van der Waals surface area contributed by atoms with Crippen LogP contribution in [0.25, 0.3) is 16.9 Å². The second kappa shape index (κ2) is 8.27. The van der Waals surface area contributed by atoms with E-state index in [1.54, 1.807) is 9.13 Å². The van der Waals surface area contributed by atoms with Crippen LogP contribution in [0.5, 0.6) is 11.5 Å². The fourth-order valence-electron chi connectivity index (χ4n) is 5.01. The Morgan fingerprint density at radius 2 is 1.62 bits per heavy atom. The van der Waals surface area contributed by atoms with Gasteiger partial charge >= 0.3 is 5.69 Å². The summed E-state index contributed by atoms with van der Waals surface area (Å²) >= 11 is 0. The number of ether oxygens (including phenoxy) is 3. The lowest BCUT2D eigenvalue weighted by Crippen LogP contribution is -2.38. The zero-order valence-corrected chi connectivity index (χ0v) is 18.6. The van der Waals surface area contributed by atoms with Gasteiger partial charge in [-0.3, -0.25) is 9.13 Å². The van der Waals surface area contributed by atoms with Gasteiger partial charge in [-0.05, 0) is 49.2 Å². The molecule has 174 valence electrons. The molecule has 9 heteroatoms. The van der Waals surface area contributed by atoms with Crippen molar-refractivity contribution in [3.8, 4) is 17.2 Å². The van der Waals surface area contributed by atoms with Gasteiger partial charge in [0.25, 0.3) is 0 Å². The molecule has 4 aromatic rings. The van der Waals surface area contributed by atoms with E-state index < -0.39 is 5.79 Å². The van der Waals surface area contributed by atoms with Crippen LogP contribution >= 0.6 is 0 Å². The molecule has 34 heavy (non-hydrogen) atoms. The molecule has 9 nitrogen and oxygen atoms in total. The van der Waals surface area contributed by atoms with Crippen LogP contribution in [0.15, 0.2) is 65.7 Å². The number of hydrogen-bond acceptors (Lipinski definition) is 7. The minimum Gasteiger partial charge on any atom is -0.457 e. The molecule has 2 aromatic heterocycles. The van der Waals surface area contributed by atoms with E-state index in [4.69, 9.17) is 19.9 Å². The van der Waals surface area contributed by atoms with E-state index in [-0.39, 0.29) is 17.5 Å². The largest absolute Gasteiger partial charge is 0.457 e. The van der Waals surface area contributed by atoms with Crippen LogP contribution in [0.2, 0.25) is 0 Å². The van der Waals surface area contributed by atoms with Crippen molar-refractivity contribution in [3.63, 3.8) is 0 Å². The minimum absolute atomic E-state index is 0.0235. The Bertz CT molecular complexity index is 1360. The number of imidazole rings is 1. The Morgan fingerprint density at radius 3 is 2.32 bits per heavy atom. The Labute approximate surface area is 195 Å². The molecule has 1 aliphatic heterocycles. The maximum absolute atomic E-state index is 13.7. The molecule has 2 aliphatic rings. The Hall–Kier alpha value is -3.69. The van der Waals surface area contributed by atoms with Crippen molar-refractivity contribution < 1.29 is 14.2 Å². The number of anilines is 1. The van der Waals surface area contributed by atoms with Gasteiger partial charge in [0.05, 0.1) is 18.9 Å². The minimum atomic E-state index is -0.499. The number of para-hydroxylation sites is 1. The predicted molar refractivity (Wildman–Crippen MR) is 126 cm³/mol. The Balaban J connectivity index is 1.37. The number of fused-ring (bicyclic) bond motifs is 1. The lowest BCUT2D eigenvalue weighted by molar-refractivity contribution is -0.181. The maximum atomic E-state index is 13.7. The third-order valence-corrected chi connectivity index (χ3v) is 6.65. The second-order valence-corrected chi connectivity index (χ2v) is 8.67. The predicted octanol–water partition coefficient (Wildman–Crippen LogP) is 3.81. The highest BCUT2D eigenvalue weighted by Gasteiger charge is 2.41. The number of aromatic nitrogens is 4. The molecule has 2 aromatic carbocycles. The first-order chi connectivity index (χ1) is 16.6. The summed E-state index contributed by atoms with van der Waals surface area (Å²) in [6.45, 7) is 1.25. The van der Waals surface area contributed by atoms with Crippen LogP contribution in [0.1, 0.15) is 31.7 Å². The van der Waals surface area contributed by atoms with Crippen LogP contribution in [-0.2, 0) is 9.47 Å². The first-order valence-electron chi connectivity index (χ1n) is 11.5. The Kier molecular flexibility index (Phi) is 5.08. The summed E-state index contributed by atoms with van der Waals surface area (Å²) < 4.78 is 20.9. The number of nitrogen functional groups attached to an aromatic ring is 1. The molecular formula is C25H25N5O4. The second-order valence-electron chi connectivity index (χ2n) is 8.67. The lowest BCUT2D eigenvalue weighted by atomic mass is 9.90. The number of rotatable bonds is 4. The average Bonchev–Trinajstić information content (AvgIpc) is 3.44. The molecule has 1 saturated heterocycles. The molecule has 0 unspecified atom stereocenters. The van der Waals surface area contributed by atoms with E-state index in [2.05, 4.69) is 9.97 Å². The molecule has 2 N–H and O–H groups in total. The highest BCUT2D eigenvalue weighted by Crippen LogP contribution is 2.41. The van der Waals surface area contributed by atoms with Crippen molar-refractivity contribution >= 4 is 17.0 Å². The lowest BCUT2D eigenvalue weighted by Gasteiger charge is -2.35. The van der Waals surface area contributed by atoms with E-state index >= 15 is 0 Å². The van der Waals surface area contributed by atoms with Crippen LogP contribution in [0.3, 0.4) is 0 Å².